The summed E-state index contributed by atoms with van der Waals surface area (Å²) in [5.41, 5.74) is 1.81. The number of methoxy groups -OCH3 is 1. The van der Waals surface area contributed by atoms with Gasteiger partial charge in [0.2, 0.25) is 0 Å². The van der Waals surface area contributed by atoms with E-state index in [0.29, 0.717) is 16.4 Å². The first-order chi connectivity index (χ1) is 13.2. The van der Waals surface area contributed by atoms with E-state index in [2.05, 4.69) is 39.8 Å². The maximum atomic E-state index is 12.4. The van der Waals surface area contributed by atoms with Gasteiger partial charge in [0, 0.05) is 25.7 Å². The van der Waals surface area contributed by atoms with Crippen molar-refractivity contribution in [3.05, 3.63) is 65.7 Å². The molecule has 0 radical (unpaired) electrons. The van der Waals surface area contributed by atoms with Gasteiger partial charge in [0.1, 0.15) is 5.75 Å². The molecule has 0 aliphatic carbocycles. The number of nitrogens with one attached hydrogen (secondary N) is 2. The van der Waals surface area contributed by atoms with Crippen LogP contribution in [0.5, 0.6) is 5.75 Å². The molecule has 27 heavy (non-hydrogen) atoms. The molecule has 3 rings (SSSR count). The van der Waals surface area contributed by atoms with E-state index in [1.54, 1.807) is 25.3 Å². The Morgan fingerprint density at radius 1 is 1.11 bits per heavy atom. The molecule has 1 saturated heterocycles. The summed E-state index contributed by atoms with van der Waals surface area (Å²) in [6.45, 7) is 2.99. The highest BCUT2D eigenvalue weighted by Gasteiger charge is 2.21. The molecule has 1 heterocycles. The normalized spacial score (nSPS) is 15.1. The van der Waals surface area contributed by atoms with Crippen LogP contribution >= 0.6 is 12.2 Å². The Bertz CT molecular complexity index is 774. The van der Waals surface area contributed by atoms with Crippen molar-refractivity contribution in [1.82, 2.24) is 15.5 Å². The molecule has 2 aromatic rings. The topological polar surface area (TPSA) is 53.6 Å². The van der Waals surface area contributed by atoms with Crippen molar-refractivity contribution in [2.45, 2.75) is 25.4 Å². The van der Waals surface area contributed by atoms with Crippen LogP contribution < -0.4 is 15.4 Å². The van der Waals surface area contributed by atoms with Crippen LogP contribution in [0.2, 0.25) is 0 Å². The third-order valence-electron chi connectivity index (χ3n) is 4.75. The van der Waals surface area contributed by atoms with Crippen molar-refractivity contribution >= 4 is 23.2 Å². The molecule has 1 amide bonds. The number of ether oxygens (including phenoxy) is 1. The summed E-state index contributed by atoms with van der Waals surface area (Å²) in [6, 6.07) is 17.9. The van der Waals surface area contributed by atoms with E-state index in [1.807, 2.05) is 12.1 Å². The van der Waals surface area contributed by atoms with Crippen molar-refractivity contribution < 1.29 is 9.53 Å². The Labute approximate surface area is 165 Å². The summed E-state index contributed by atoms with van der Waals surface area (Å²) in [5, 5.41) is 6.40. The van der Waals surface area contributed by atoms with Crippen LogP contribution in [0.25, 0.3) is 0 Å². The van der Waals surface area contributed by atoms with Crippen LogP contribution in [0.4, 0.5) is 0 Å². The van der Waals surface area contributed by atoms with Crippen LogP contribution in [0.15, 0.2) is 54.6 Å². The number of piperidine rings is 1. The number of carbonyl (C=O) groups is 1. The predicted molar refractivity (Wildman–Crippen MR) is 111 cm³/mol. The number of likely N-dealkylation sites (tertiary alicyclic amines) is 1. The number of thiocarbonyl (C=S) groups is 1. The first kappa shape index (κ1) is 19.3. The zero-order chi connectivity index (χ0) is 19.1. The number of rotatable bonds is 5. The van der Waals surface area contributed by atoms with Crippen molar-refractivity contribution in [3.8, 4) is 5.75 Å². The van der Waals surface area contributed by atoms with E-state index in [1.165, 1.54) is 5.56 Å². The Morgan fingerprint density at radius 2 is 1.78 bits per heavy atom. The maximum Gasteiger partial charge on any atom is 0.261 e. The number of amides is 1. The number of carbonyl (C=O) groups excluding carboxylic acids is 1. The second-order valence-electron chi connectivity index (χ2n) is 6.66. The average Bonchev–Trinajstić information content (AvgIpc) is 2.70. The quantitative estimate of drug-likeness (QED) is 0.778. The lowest BCUT2D eigenvalue weighted by Crippen LogP contribution is -2.48. The zero-order valence-corrected chi connectivity index (χ0v) is 16.3. The highest BCUT2D eigenvalue weighted by molar-refractivity contribution is 7.80. The molecule has 2 aromatic carbocycles. The number of nitrogens with zero attached hydrogens (tertiary/aromatic N) is 1. The Hall–Kier alpha value is -2.44. The second-order valence-corrected chi connectivity index (χ2v) is 7.07. The molecule has 1 fully saturated rings. The summed E-state index contributed by atoms with van der Waals surface area (Å²) in [5.74, 6) is 0.276. The summed E-state index contributed by atoms with van der Waals surface area (Å²) in [4.78, 5) is 14.9. The van der Waals surface area contributed by atoms with Crippen molar-refractivity contribution in [2.24, 2.45) is 0 Å². The van der Waals surface area contributed by atoms with Gasteiger partial charge in [-0.25, -0.2) is 0 Å². The van der Waals surface area contributed by atoms with Gasteiger partial charge in [0.05, 0.1) is 12.7 Å². The minimum Gasteiger partial charge on any atom is -0.496 e. The fourth-order valence-electron chi connectivity index (χ4n) is 3.30. The lowest BCUT2D eigenvalue weighted by Gasteiger charge is -2.32. The number of benzene rings is 2. The van der Waals surface area contributed by atoms with Gasteiger partial charge < -0.3 is 10.1 Å². The van der Waals surface area contributed by atoms with Crippen molar-refractivity contribution in [2.75, 3.05) is 20.2 Å². The van der Waals surface area contributed by atoms with E-state index < -0.39 is 0 Å². The van der Waals surface area contributed by atoms with Gasteiger partial charge in [-0.3, -0.25) is 15.0 Å². The Kier molecular flexibility index (Phi) is 6.79. The highest BCUT2D eigenvalue weighted by atomic mass is 32.1. The monoisotopic (exact) mass is 383 g/mol. The molecule has 0 spiro atoms. The Balaban J connectivity index is 1.45. The van der Waals surface area contributed by atoms with Gasteiger partial charge in [-0.1, -0.05) is 42.5 Å². The third kappa shape index (κ3) is 5.52. The standard InChI is InChI=1S/C21H25N3O2S/c1-26-19-10-6-5-9-18(19)20(25)23-21(27)22-17-11-13-24(14-12-17)15-16-7-3-2-4-8-16/h2-10,17H,11-15H2,1H3,(H2,22,23,25,27). The number of para-hydroxylation sites is 1. The molecule has 5 nitrogen and oxygen atoms in total. The lowest BCUT2D eigenvalue weighted by molar-refractivity contribution is 0.0973. The molecule has 0 aromatic heterocycles. The molecule has 142 valence electrons. The molecule has 6 heteroatoms. The SMILES string of the molecule is COc1ccccc1C(=O)NC(=S)NC1CCN(Cc2ccccc2)CC1. The zero-order valence-electron chi connectivity index (χ0n) is 15.5. The number of hydrogen-bond donors (Lipinski definition) is 2. The van der Waals surface area contributed by atoms with E-state index in [-0.39, 0.29) is 11.9 Å². The predicted octanol–water partition coefficient (Wildman–Crippen LogP) is 2.96. The molecule has 0 atom stereocenters. The first-order valence-electron chi connectivity index (χ1n) is 9.17. The van der Waals surface area contributed by atoms with Crippen LogP contribution in [-0.4, -0.2) is 42.2 Å². The molecule has 1 aliphatic heterocycles. The maximum absolute atomic E-state index is 12.4. The van der Waals surface area contributed by atoms with Gasteiger partial charge in [-0.15, -0.1) is 0 Å². The van der Waals surface area contributed by atoms with Crippen LogP contribution in [-0.2, 0) is 6.54 Å². The van der Waals surface area contributed by atoms with Crippen molar-refractivity contribution in [1.29, 1.82) is 0 Å². The lowest BCUT2D eigenvalue weighted by atomic mass is 10.0. The van der Waals surface area contributed by atoms with Gasteiger partial charge >= 0.3 is 0 Å². The fraction of sp³-hybridized carbons (Fsp3) is 0.333. The fourth-order valence-corrected chi connectivity index (χ4v) is 3.56. The van der Waals surface area contributed by atoms with E-state index in [4.69, 9.17) is 17.0 Å². The van der Waals surface area contributed by atoms with Crippen LogP contribution in [0.1, 0.15) is 28.8 Å². The van der Waals surface area contributed by atoms with Gasteiger partial charge in [-0.2, -0.15) is 0 Å². The minimum atomic E-state index is -0.258. The summed E-state index contributed by atoms with van der Waals surface area (Å²) >= 11 is 5.33. The van der Waals surface area contributed by atoms with Gasteiger partial charge in [0.25, 0.3) is 5.91 Å². The van der Waals surface area contributed by atoms with Gasteiger partial charge in [0.15, 0.2) is 5.11 Å². The third-order valence-corrected chi connectivity index (χ3v) is 4.97. The van der Waals surface area contributed by atoms with Crippen LogP contribution in [0.3, 0.4) is 0 Å². The largest absolute Gasteiger partial charge is 0.496 e. The molecular weight excluding hydrogens is 358 g/mol. The van der Waals surface area contributed by atoms with E-state index in [0.717, 1.165) is 32.5 Å². The van der Waals surface area contributed by atoms with Gasteiger partial charge in [-0.05, 0) is 42.8 Å². The summed E-state index contributed by atoms with van der Waals surface area (Å²) < 4.78 is 5.23. The summed E-state index contributed by atoms with van der Waals surface area (Å²) in [6.07, 6.45) is 2.00. The van der Waals surface area contributed by atoms with Crippen molar-refractivity contribution in [3.63, 3.8) is 0 Å². The average molecular weight is 384 g/mol. The van der Waals surface area contributed by atoms with E-state index in [9.17, 15) is 4.79 Å². The molecule has 0 unspecified atom stereocenters. The van der Waals surface area contributed by atoms with E-state index >= 15 is 0 Å². The highest BCUT2D eigenvalue weighted by Crippen LogP contribution is 2.17. The molecule has 0 bridgehead atoms. The molecular formula is C21H25N3O2S. The second kappa shape index (κ2) is 9.48. The summed E-state index contributed by atoms with van der Waals surface area (Å²) in [7, 11) is 1.55. The van der Waals surface area contributed by atoms with Crippen LogP contribution in [0, 0.1) is 0 Å². The number of hydrogen-bond acceptors (Lipinski definition) is 4. The molecule has 1 aliphatic rings. The first-order valence-corrected chi connectivity index (χ1v) is 9.57. The smallest absolute Gasteiger partial charge is 0.261 e. The molecule has 2 N–H and O–H groups in total. The molecule has 0 saturated carbocycles. The Morgan fingerprint density at radius 3 is 2.48 bits per heavy atom. The minimum absolute atomic E-state index is 0.258.